The maximum atomic E-state index is 8.56. The zero-order valence-corrected chi connectivity index (χ0v) is 3.49. The molecular weight excluding hydrogens is 112 g/mol. The third-order valence-electron chi connectivity index (χ3n) is 0. The second-order valence-electron chi connectivity index (χ2n) is 0.217. The molecule has 1 atom stereocenters. The first-order valence-electron chi connectivity index (χ1n) is 0.516. The third kappa shape index (κ3) is 357000. The van der Waals surface area contributed by atoms with Crippen LogP contribution in [0.25, 0.3) is 0 Å². The first-order valence-corrected chi connectivity index (χ1v) is 1.55. The molecule has 0 aliphatic rings. The predicted molar refractivity (Wildman–Crippen MR) is 18.8 cm³/mol. The molecule has 0 aromatic heterocycles. The topological polar surface area (TPSA) is 123 Å². The van der Waals surface area contributed by atoms with Crippen molar-refractivity contribution < 1.29 is 24.3 Å². The second kappa shape index (κ2) is 8.89. The molecule has 0 heterocycles. The lowest BCUT2D eigenvalue weighted by Gasteiger charge is -1.83. The zero-order chi connectivity index (χ0) is 3.58. The van der Waals surface area contributed by atoms with Crippen molar-refractivity contribution in [1.82, 2.24) is 0 Å². The lowest BCUT2D eigenvalue weighted by Crippen LogP contribution is -1.75. The largest absolute Gasteiger partial charge is 0.750 e. The van der Waals surface area contributed by atoms with Crippen molar-refractivity contribution in [3.8, 4) is 0 Å². The van der Waals surface area contributed by atoms with Crippen molar-refractivity contribution in [2.45, 2.75) is 0 Å². The van der Waals surface area contributed by atoms with E-state index in [-0.39, 0.29) is 11.0 Å². The van der Waals surface area contributed by atoms with Crippen LogP contribution in [0.1, 0.15) is 0 Å². The molecule has 0 amide bonds. The van der Waals surface area contributed by atoms with Gasteiger partial charge in [-0.1, -0.05) is 0 Å². The molecule has 0 spiro atoms. The van der Waals surface area contributed by atoms with Crippen LogP contribution in [0.4, 0.5) is 0 Å². The van der Waals surface area contributed by atoms with Crippen LogP contribution in [-0.4, -0.2) is 24.3 Å². The minimum atomic E-state index is -2.86. The van der Waals surface area contributed by atoms with Gasteiger partial charge in [0.15, 0.2) is 0 Å². The molecule has 0 rings (SSSR count). The van der Waals surface area contributed by atoms with Gasteiger partial charge < -0.3 is 20.1 Å². The van der Waals surface area contributed by atoms with Gasteiger partial charge in [-0.3, -0.25) is 0 Å². The number of hydrogen-bond acceptors (Lipinski definition) is 2. The summed E-state index contributed by atoms with van der Waals surface area (Å²) in [6, 6.07) is 0. The lowest BCUT2D eigenvalue weighted by atomic mass is 15.8. The molecule has 0 saturated carbocycles. The van der Waals surface area contributed by atoms with Crippen molar-refractivity contribution in [2.75, 3.05) is 0 Å². The highest BCUT2D eigenvalue weighted by Crippen LogP contribution is 1.43. The van der Waals surface area contributed by atoms with Gasteiger partial charge in [0.05, 0.1) is 11.4 Å². The summed E-state index contributed by atoms with van der Waals surface area (Å²) >= 11 is -2.86. The first-order chi connectivity index (χ1) is 1.73. The monoisotopic (exact) mass is 117 g/mol. The Bertz CT molecular complexity index is 26.9. The molecule has 1 unspecified atom stereocenters. The average molecular weight is 117 g/mol. The van der Waals surface area contributed by atoms with E-state index in [0.717, 1.165) is 0 Å². The molecule has 0 aliphatic carbocycles. The van der Waals surface area contributed by atoms with E-state index >= 15 is 0 Å². The van der Waals surface area contributed by atoms with Crippen LogP contribution in [0.2, 0.25) is 0 Å². The highest BCUT2D eigenvalue weighted by atomic mass is 32.2. The highest BCUT2D eigenvalue weighted by Gasteiger charge is 1.42. The summed E-state index contributed by atoms with van der Waals surface area (Å²) in [4.78, 5) is 0. The molecule has 6 heteroatoms. The second-order valence-corrected chi connectivity index (χ2v) is 0.651. The third-order valence-corrected chi connectivity index (χ3v) is 0. The van der Waals surface area contributed by atoms with Crippen LogP contribution >= 0.6 is 0 Å². The standard InChI is InChI=1S/H2O3S.2H2O/c1-4(2)3;;/h(H2,1,2,3);2*1H2/p-1. The molecule has 6 heavy (non-hydrogen) atoms. The van der Waals surface area contributed by atoms with Gasteiger partial charge in [-0.2, -0.15) is 0 Å². The van der Waals surface area contributed by atoms with Gasteiger partial charge >= 0.3 is 0 Å². The molecule has 0 radical (unpaired) electrons. The number of hydrogen-bond donors (Lipinski definition) is 1. The molecule has 0 saturated heterocycles. The fraction of sp³-hybridized carbons (Fsp3) is 0. The van der Waals surface area contributed by atoms with Gasteiger partial charge in [0, 0.05) is 0 Å². The van der Waals surface area contributed by atoms with E-state index in [4.69, 9.17) is 13.3 Å². The van der Waals surface area contributed by atoms with Gasteiger partial charge in [0.2, 0.25) is 0 Å². The van der Waals surface area contributed by atoms with Gasteiger partial charge in [0.25, 0.3) is 0 Å². The van der Waals surface area contributed by atoms with E-state index < -0.39 is 11.4 Å². The molecule has 5 N–H and O–H groups in total. The van der Waals surface area contributed by atoms with E-state index in [1.807, 2.05) is 0 Å². The Labute approximate surface area is 36.7 Å². The smallest absolute Gasteiger partial charge is 0.0814 e. The summed E-state index contributed by atoms with van der Waals surface area (Å²) in [7, 11) is 0. The van der Waals surface area contributed by atoms with Crippen LogP contribution < -0.4 is 0 Å². The fourth-order valence-electron chi connectivity index (χ4n) is 0. The van der Waals surface area contributed by atoms with Crippen LogP contribution in [-0.2, 0) is 11.4 Å². The molecule has 5 nitrogen and oxygen atoms in total. The van der Waals surface area contributed by atoms with Crippen LogP contribution in [0, 0.1) is 0 Å². The Balaban J connectivity index is -0.0000000450. The van der Waals surface area contributed by atoms with Gasteiger partial charge in [-0.25, -0.2) is 4.21 Å². The quantitative estimate of drug-likeness (QED) is 0.358. The molecule has 0 aromatic rings. The summed E-state index contributed by atoms with van der Waals surface area (Å²) in [5.41, 5.74) is 0. The first kappa shape index (κ1) is 16.7. The maximum absolute atomic E-state index is 8.56. The Morgan fingerprint density at radius 2 is 1.50 bits per heavy atom. The lowest BCUT2D eigenvalue weighted by molar-refractivity contribution is 0.436. The molecule has 0 bridgehead atoms. The molecule has 42 valence electrons. The fourth-order valence-corrected chi connectivity index (χ4v) is 0. The minimum Gasteiger partial charge on any atom is -0.750 e. The normalized spacial score (nSPS) is 10.3. The average Bonchev–Trinajstić information content (AvgIpc) is 0.811. The summed E-state index contributed by atoms with van der Waals surface area (Å²) in [5.74, 6) is 0. The van der Waals surface area contributed by atoms with Crippen molar-refractivity contribution in [3.63, 3.8) is 0 Å². The van der Waals surface area contributed by atoms with Crippen LogP contribution in [0.15, 0.2) is 0 Å². The summed E-state index contributed by atoms with van der Waals surface area (Å²) in [6.07, 6.45) is 0. The Hall–Kier alpha value is -0.0100. The van der Waals surface area contributed by atoms with Gasteiger partial charge in [0.1, 0.15) is 0 Å². The highest BCUT2D eigenvalue weighted by molar-refractivity contribution is 7.73. The zero-order valence-electron chi connectivity index (χ0n) is 2.67. The van der Waals surface area contributed by atoms with E-state index in [2.05, 4.69) is 0 Å². The number of rotatable bonds is 0. The maximum Gasteiger partial charge on any atom is 0.0814 e. The van der Waals surface area contributed by atoms with Crippen LogP contribution in [0.5, 0.6) is 0 Å². The Kier molecular flexibility index (Phi) is 24.7. The van der Waals surface area contributed by atoms with Crippen molar-refractivity contribution in [2.24, 2.45) is 0 Å². The predicted octanol–water partition coefficient (Wildman–Crippen LogP) is -2.31. The molecular formula is H5O5S-. The molecule has 0 aliphatic heterocycles. The summed E-state index contributed by atoms with van der Waals surface area (Å²) in [6.45, 7) is 0. The molecule has 0 aromatic carbocycles. The van der Waals surface area contributed by atoms with E-state index in [9.17, 15) is 0 Å². The Morgan fingerprint density at radius 1 is 1.50 bits per heavy atom. The van der Waals surface area contributed by atoms with Crippen molar-refractivity contribution in [1.29, 1.82) is 0 Å². The minimum absolute atomic E-state index is 0. The van der Waals surface area contributed by atoms with E-state index in [0.29, 0.717) is 0 Å². The van der Waals surface area contributed by atoms with Gasteiger partial charge in [-0.15, -0.1) is 0 Å². The van der Waals surface area contributed by atoms with Gasteiger partial charge in [-0.05, 0) is 0 Å². The molecule has 0 fully saturated rings. The Morgan fingerprint density at radius 3 is 1.50 bits per heavy atom. The van der Waals surface area contributed by atoms with Crippen molar-refractivity contribution in [3.05, 3.63) is 0 Å². The van der Waals surface area contributed by atoms with Crippen LogP contribution in [0.3, 0.4) is 0 Å². The van der Waals surface area contributed by atoms with Crippen molar-refractivity contribution >= 4 is 11.4 Å². The van der Waals surface area contributed by atoms with E-state index in [1.54, 1.807) is 0 Å². The summed E-state index contributed by atoms with van der Waals surface area (Å²) in [5, 5.41) is 0. The van der Waals surface area contributed by atoms with E-state index in [1.165, 1.54) is 0 Å². The SMILES string of the molecule is O.O.O=S([O-])O. The summed E-state index contributed by atoms with van der Waals surface area (Å²) < 4.78 is 24.1.